The maximum Gasteiger partial charge on any atom is 0.410 e. The molecule has 25 heavy (non-hydrogen) atoms. The Bertz CT molecular complexity index is 782. The van der Waals surface area contributed by atoms with E-state index in [1.54, 1.807) is 9.58 Å². The Morgan fingerprint density at radius 1 is 1.40 bits per heavy atom. The molecule has 2 N–H and O–H groups in total. The first-order valence-electron chi connectivity index (χ1n) is 8.27. The monoisotopic (exact) mass is 348 g/mol. The zero-order valence-corrected chi connectivity index (χ0v) is 15.0. The number of hydrogen-bond acceptors (Lipinski definition) is 7. The van der Waals surface area contributed by atoms with Gasteiger partial charge in [-0.2, -0.15) is 5.10 Å². The molecule has 1 aliphatic rings. The third-order valence-electron chi connectivity index (χ3n) is 3.94. The Balaban J connectivity index is 1.89. The maximum atomic E-state index is 12.4. The Hall–Kier alpha value is -2.42. The molecule has 1 saturated heterocycles. The van der Waals surface area contributed by atoms with Gasteiger partial charge in [-0.3, -0.25) is 0 Å². The number of anilines is 1. The second-order valence-corrected chi connectivity index (χ2v) is 7.14. The predicted octanol–water partition coefficient (Wildman–Crippen LogP) is 1.53. The largest absolute Gasteiger partial charge is 0.444 e. The van der Waals surface area contributed by atoms with Gasteiger partial charge in [0.15, 0.2) is 5.65 Å². The number of nitrogen functional groups attached to an aromatic ring is 1. The van der Waals surface area contributed by atoms with Crippen LogP contribution in [0.5, 0.6) is 0 Å². The molecule has 3 rings (SSSR count). The van der Waals surface area contributed by atoms with Gasteiger partial charge in [-0.25, -0.2) is 19.4 Å². The Morgan fingerprint density at radius 3 is 2.88 bits per heavy atom. The van der Waals surface area contributed by atoms with Gasteiger partial charge in [0.2, 0.25) is 0 Å². The molecule has 0 radical (unpaired) electrons. The van der Waals surface area contributed by atoms with Crippen molar-refractivity contribution < 1.29 is 14.3 Å². The summed E-state index contributed by atoms with van der Waals surface area (Å²) in [6.45, 7) is 9.18. The number of fused-ring (bicyclic) bond motifs is 1. The maximum absolute atomic E-state index is 12.4. The lowest BCUT2D eigenvalue weighted by Crippen LogP contribution is -2.40. The summed E-state index contributed by atoms with van der Waals surface area (Å²) >= 11 is 0. The number of hydrogen-bond donors (Lipinski definition) is 1. The van der Waals surface area contributed by atoms with E-state index in [1.807, 2.05) is 27.7 Å². The van der Waals surface area contributed by atoms with Gasteiger partial charge < -0.3 is 20.1 Å². The number of nitrogens with zero attached hydrogens (tertiary/aromatic N) is 5. The number of aromatic nitrogens is 4. The minimum atomic E-state index is -0.545. The average Bonchev–Trinajstić information content (AvgIpc) is 2.70. The van der Waals surface area contributed by atoms with Crippen LogP contribution in [0.15, 0.2) is 6.33 Å². The summed E-state index contributed by atoms with van der Waals surface area (Å²) in [5.41, 5.74) is 6.80. The zero-order chi connectivity index (χ0) is 18.2. The second kappa shape index (κ2) is 6.47. The van der Waals surface area contributed by atoms with Crippen LogP contribution in [0, 0.1) is 6.92 Å². The number of carbonyl (C=O) groups is 1. The van der Waals surface area contributed by atoms with Crippen LogP contribution < -0.4 is 5.73 Å². The molecule has 0 bridgehead atoms. The van der Waals surface area contributed by atoms with Crippen LogP contribution in [0.3, 0.4) is 0 Å². The third kappa shape index (κ3) is 3.65. The normalized spacial score (nSPS) is 19.0. The molecular weight excluding hydrogens is 324 g/mol. The SMILES string of the molecule is Cc1nn(C2COCCN(C(=O)OC(C)(C)C)C2)c2ncnc(N)c12. The van der Waals surface area contributed by atoms with E-state index in [0.29, 0.717) is 37.8 Å². The van der Waals surface area contributed by atoms with Crippen LogP contribution in [-0.4, -0.2) is 62.6 Å². The first-order chi connectivity index (χ1) is 11.8. The molecule has 136 valence electrons. The Labute approximate surface area is 146 Å². The van der Waals surface area contributed by atoms with Crippen molar-refractivity contribution in [1.82, 2.24) is 24.6 Å². The van der Waals surface area contributed by atoms with Crippen LogP contribution >= 0.6 is 0 Å². The first kappa shape index (κ1) is 17.4. The number of amides is 1. The van der Waals surface area contributed by atoms with Crippen LogP contribution in [0.2, 0.25) is 0 Å². The summed E-state index contributed by atoms with van der Waals surface area (Å²) in [4.78, 5) is 22.4. The fourth-order valence-corrected chi connectivity index (χ4v) is 2.86. The zero-order valence-electron chi connectivity index (χ0n) is 15.0. The first-order valence-corrected chi connectivity index (χ1v) is 8.27. The van der Waals surface area contributed by atoms with E-state index in [9.17, 15) is 4.79 Å². The highest BCUT2D eigenvalue weighted by Crippen LogP contribution is 2.25. The van der Waals surface area contributed by atoms with Gasteiger partial charge >= 0.3 is 6.09 Å². The molecule has 0 spiro atoms. The van der Waals surface area contributed by atoms with Crippen LogP contribution in [0.4, 0.5) is 10.6 Å². The van der Waals surface area contributed by atoms with Gasteiger partial charge in [-0.05, 0) is 27.7 Å². The van der Waals surface area contributed by atoms with Crippen molar-refractivity contribution in [2.45, 2.75) is 39.3 Å². The highest BCUT2D eigenvalue weighted by Gasteiger charge is 2.29. The predicted molar refractivity (Wildman–Crippen MR) is 92.1 cm³/mol. The lowest BCUT2D eigenvalue weighted by Gasteiger charge is -2.27. The summed E-state index contributed by atoms with van der Waals surface area (Å²) in [6, 6.07) is -0.180. The van der Waals surface area contributed by atoms with Gasteiger partial charge in [0.05, 0.1) is 30.3 Å². The van der Waals surface area contributed by atoms with Gasteiger partial charge in [-0.1, -0.05) is 0 Å². The van der Waals surface area contributed by atoms with Crippen LogP contribution in [0.25, 0.3) is 11.0 Å². The quantitative estimate of drug-likeness (QED) is 0.832. The minimum absolute atomic E-state index is 0.180. The van der Waals surface area contributed by atoms with Crippen molar-refractivity contribution in [2.24, 2.45) is 0 Å². The second-order valence-electron chi connectivity index (χ2n) is 7.14. The van der Waals surface area contributed by atoms with E-state index in [2.05, 4.69) is 15.1 Å². The van der Waals surface area contributed by atoms with E-state index >= 15 is 0 Å². The third-order valence-corrected chi connectivity index (χ3v) is 3.94. The summed E-state index contributed by atoms with van der Waals surface area (Å²) < 4.78 is 12.9. The molecule has 0 aliphatic carbocycles. The van der Waals surface area contributed by atoms with Crippen LogP contribution in [0.1, 0.15) is 32.5 Å². The summed E-state index contributed by atoms with van der Waals surface area (Å²) in [7, 11) is 0. The topological polar surface area (TPSA) is 108 Å². The van der Waals surface area contributed by atoms with E-state index in [1.165, 1.54) is 6.33 Å². The highest BCUT2D eigenvalue weighted by atomic mass is 16.6. The summed E-state index contributed by atoms with van der Waals surface area (Å²) in [6.07, 6.45) is 1.06. The molecule has 1 amide bonds. The number of nitrogens with two attached hydrogens (primary N) is 1. The van der Waals surface area contributed by atoms with Crippen molar-refractivity contribution in [3.63, 3.8) is 0 Å². The van der Waals surface area contributed by atoms with E-state index in [0.717, 1.165) is 11.1 Å². The van der Waals surface area contributed by atoms with Crippen molar-refractivity contribution in [3.05, 3.63) is 12.0 Å². The molecule has 1 atom stereocenters. The summed E-state index contributed by atoms with van der Waals surface area (Å²) in [5, 5.41) is 5.29. The highest BCUT2D eigenvalue weighted by molar-refractivity contribution is 5.87. The molecule has 2 aromatic heterocycles. The Kier molecular flexibility index (Phi) is 4.51. The number of ether oxygens (including phenoxy) is 2. The molecule has 1 aliphatic heterocycles. The number of carbonyl (C=O) groups excluding carboxylic acids is 1. The van der Waals surface area contributed by atoms with Crippen molar-refractivity contribution in [1.29, 1.82) is 0 Å². The molecule has 3 heterocycles. The molecule has 9 heteroatoms. The smallest absolute Gasteiger partial charge is 0.410 e. The minimum Gasteiger partial charge on any atom is -0.444 e. The molecule has 0 saturated carbocycles. The van der Waals surface area contributed by atoms with E-state index < -0.39 is 5.60 Å². The van der Waals surface area contributed by atoms with E-state index in [4.69, 9.17) is 15.2 Å². The van der Waals surface area contributed by atoms with Crippen molar-refractivity contribution >= 4 is 22.9 Å². The molecule has 1 unspecified atom stereocenters. The fraction of sp³-hybridized carbons (Fsp3) is 0.625. The lowest BCUT2D eigenvalue weighted by molar-refractivity contribution is 0.0234. The fourth-order valence-electron chi connectivity index (χ4n) is 2.86. The van der Waals surface area contributed by atoms with Crippen molar-refractivity contribution in [2.75, 3.05) is 32.0 Å². The Morgan fingerprint density at radius 2 is 2.16 bits per heavy atom. The molecular formula is C16H24N6O3. The molecule has 9 nitrogen and oxygen atoms in total. The van der Waals surface area contributed by atoms with Gasteiger partial charge in [0, 0.05) is 13.1 Å². The van der Waals surface area contributed by atoms with Gasteiger partial charge in [0.25, 0.3) is 0 Å². The molecule has 2 aromatic rings. The van der Waals surface area contributed by atoms with Gasteiger partial charge in [-0.15, -0.1) is 0 Å². The van der Waals surface area contributed by atoms with Gasteiger partial charge in [0.1, 0.15) is 17.7 Å². The average molecular weight is 348 g/mol. The van der Waals surface area contributed by atoms with E-state index in [-0.39, 0.29) is 12.1 Å². The lowest BCUT2D eigenvalue weighted by atomic mass is 10.2. The van der Waals surface area contributed by atoms with Crippen molar-refractivity contribution in [3.8, 4) is 0 Å². The molecule has 0 aromatic carbocycles. The summed E-state index contributed by atoms with van der Waals surface area (Å²) in [5.74, 6) is 0.396. The number of aryl methyl sites for hydroxylation is 1. The standard InChI is InChI=1S/C16H24N6O3/c1-10-12-13(17)18-9-19-14(12)22(20-10)11-7-21(5-6-24-8-11)15(23)25-16(2,3)4/h9,11H,5-8H2,1-4H3,(H2,17,18,19). The van der Waals surface area contributed by atoms with Crippen LogP contribution in [-0.2, 0) is 9.47 Å². The molecule has 1 fully saturated rings. The number of rotatable bonds is 1.